The van der Waals surface area contributed by atoms with Crippen LogP contribution in [0.3, 0.4) is 0 Å². The van der Waals surface area contributed by atoms with Gasteiger partial charge in [0.1, 0.15) is 6.61 Å². The van der Waals surface area contributed by atoms with Crippen molar-refractivity contribution in [1.29, 1.82) is 0 Å². The molecule has 0 fully saturated rings. The smallest absolute Gasteiger partial charge is 0.308 e. The summed E-state index contributed by atoms with van der Waals surface area (Å²) in [5.41, 5.74) is 0. The molecule has 1 atom stereocenters. The number of rotatable bonds is 6. The number of ether oxygens (including phenoxy) is 1. The highest BCUT2D eigenvalue weighted by atomic mass is 16.5. The zero-order chi connectivity index (χ0) is 9.40. The van der Waals surface area contributed by atoms with Crippen LogP contribution in [0.15, 0.2) is 0 Å². The molecule has 1 N–H and O–H groups in total. The first-order valence-electron chi connectivity index (χ1n) is 4.59. The molecule has 0 radical (unpaired) electrons. The molecule has 3 heteroatoms. The van der Waals surface area contributed by atoms with Crippen LogP contribution in [-0.4, -0.2) is 25.7 Å². The molecule has 0 aromatic heterocycles. The van der Waals surface area contributed by atoms with Crippen molar-refractivity contribution in [1.82, 2.24) is 5.32 Å². The van der Waals surface area contributed by atoms with Crippen molar-refractivity contribution < 1.29 is 9.53 Å². The predicted octanol–water partition coefficient (Wildman–Crippen LogP) is 1.19. The number of nitrogens with one attached hydrogen (secondary N) is 1. The van der Waals surface area contributed by atoms with Crippen LogP contribution < -0.4 is 5.32 Å². The van der Waals surface area contributed by atoms with Crippen LogP contribution in [0.2, 0.25) is 0 Å². The largest absolute Gasteiger partial charge is 0.464 e. The Morgan fingerprint density at radius 1 is 1.50 bits per heavy atom. The molecule has 0 aliphatic rings. The molecule has 0 bridgehead atoms. The number of likely N-dealkylation sites (N-methyl/N-ethyl adjacent to an activating group) is 1. The first kappa shape index (κ1) is 11.4. The fourth-order valence-electron chi connectivity index (χ4n) is 0.709. The summed E-state index contributed by atoms with van der Waals surface area (Å²) in [4.78, 5) is 11.1. The number of carbonyl (C=O) groups is 1. The first-order chi connectivity index (χ1) is 5.72. The summed E-state index contributed by atoms with van der Waals surface area (Å²) in [5, 5.41) is 3.08. The molecule has 0 aliphatic carbocycles. The Morgan fingerprint density at radius 2 is 2.17 bits per heavy atom. The highest BCUT2D eigenvalue weighted by molar-refractivity contribution is 5.71. The van der Waals surface area contributed by atoms with Gasteiger partial charge >= 0.3 is 5.97 Å². The quantitative estimate of drug-likeness (QED) is 0.484. The Labute approximate surface area is 74.5 Å². The van der Waals surface area contributed by atoms with Gasteiger partial charge in [-0.1, -0.05) is 20.8 Å². The lowest BCUT2D eigenvalue weighted by Gasteiger charge is -2.08. The summed E-state index contributed by atoms with van der Waals surface area (Å²) in [7, 11) is 0. The third kappa shape index (κ3) is 5.13. The summed E-state index contributed by atoms with van der Waals surface area (Å²) < 4.78 is 5.00. The number of hydrogen-bond acceptors (Lipinski definition) is 3. The minimum atomic E-state index is -0.0876. The maximum Gasteiger partial charge on any atom is 0.308 e. The van der Waals surface area contributed by atoms with Crippen LogP contribution in [0, 0.1) is 5.92 Å². The number of hydrogen-bond donors (Lipinski definition) is 1. The third-order valence-corrected chi connectivity index (χ3v) is 1.79. The van der Waals surface area contributed by atoms with Crippen molar-refractivity contribution in [2.24, 2.45) is 5.92 Å². The molecule has 0 heterocycles. The van der Waals surface area contributed by atoms with Crippen LogP contribution in [0.5, 0.6) is 0 Å². The second-order valence-corrected chi connectivity index (χ2v) is 2.83. The van der Waals surface area contributed by atoms with Crippen molar-refractivity contribution in [2.45, 2.75) is 27.2 Å². The lowest BCUT2D eigenvalue weighted by molar-refractivity contribution is -0.147. The predicted molar refractivity (Wildman–Crippen MR) is 49.0 cm³/mol. The van der Waals surface area contributed by atoms with Crippen molar-refractivity contribution in [3.05, 3.63) is 0 Å². The van der Waals surface area contributed by atoms with Crippen molar-refractivity contribution in [3.8, 4) is 0 Å². The van der Waals surface area contributed by atoms with Gasteiger partial charge in [0, 0.05) is 6.54 Å². The van der Waals surface area contributed by atoms with Crippen LogP contribution in [0.25, 0.3) is 0 Å². The van der Waals surface area contributed by atoms with Crippen LogP contribution >= 0.6 is 0 Å². The Kier molecular flexibility index (Phi) is 6.76. The van der Waals surface area contributed by atoms with Gasteiger partial charge in [0.05, 0.1) is 5.92 Å². The van der Waals surface area contributed by atoms with E-state index in [0.717, 1.165) is 19.5 Å². The van der Waals surface area contributed by atoms with Gasteiger partial charge in [-0.2, -0.15) is 0 Å². The molecule has 1 unspecified atom stereocenters. The number of esters is 1. The van der Waals surface area contributed by atoms with E-state index in [1.54, 1.807) is 0 Å². The van der Waals surface area contributed by atoms with E-state index in [-0.39, 0.29) is 11.9 Å². The summed E-state index contributed by atoms with van der Waals surface area (Å²) in [6.07, 6.45) is 0.847. The molecular formula is C9H19NO2. The van der Waals surface area contributed by atoms with Crippen molar-refractivity contribution in [2.75, 3.05) is 19.7 Å². The highest BCUT2D eigenvalue weighted by Crippen LogP contribution is 2.02. The lowest BCUT2D eigenvalue weighted by Crippen LogP contribution is -2.23. The van der Waals surface area contributed by atoms with Gasteiger partial charge in [-0.15, -0.1) is 0 Å². The van der Waals surface area contributed by atoms with Gasteiger partial charge in [-0.25, -0.2) is 0 Å². The first-order valence-corrected chi connectivity index (χ1v) is 4.59. The molecule has 0 amide bonds. The van der Waals surface area contributed by atoms with E-state index in [0.29, 0.717) is 6.61 Å². The third-order valence-electron chi connectivity index (χ3n) is 1.79. The molecule has 0 aromatic carbocycles. The van der Waals surface area contributed by atoms with Gasteiger partial charge < -0.3 is 10.1 Å². The minimum absolute atomic E-state index is 0.0339. The molecule has 0 saturated heterocycles. The lowest BCUT2D eigenvalue weighted by atomic mass is 10.1. The summed E-state index contributed by atoms with van der Waals surface area (Å²) in [6, 6.07) is 0. The molecular weight excluding hydrogens is 154 g/mol. The van der Waals surface area contributed by atoms with Crippen LogP contribution in [0.1, 0.15) is 27.2 Å². The molecule has 3 nitrogen and oxygen atoms in total. The average Bonchev–Trinajstić information content (AvgIpc) is 2.10. The van der Waals surface area contributed by atoms with Crippen LogP contribution in [-0.2, 0) is 9.53 Å². The van der Waals surface area contributed by atoms with E-state index >= 15 is 0 Å². The fourth-order valence-corrected chi connectivity index (χ4v) is 0.709. The van der Waals surface area contributed by atoms with E-state index < -0.39 is 0 Å². The fraction of sp³-hybridized carbons (Fsp3) is 0.889. The van der Waals surface area contributed by atoms with Gasteiger partial charge in [0.25, 0.3) is 0 Å². The second kappa shape index (κ2) is 7.10. The zero-order valence-corrected chi connectivity index (χ0v) is 8.22. The van der Waals surface area contributed by atoms with Gasteiger partial charge in [-0.05, 0) is 13.0 Å². The average molecular weight is 173 g/mol. The molecule has 12 heavy (non-hydrogen) atoms. The minimum Gasteiger partial charge on any atom is -0.464 e. The Morgan fingerprint density at radius 3 is 2.67 bits per heavy atom. The normalized spacial score (nSPS) is 12.6. The topological polar surface area (TPSA) is 38.3 Å². The summed E-state index contributed by atoms with van der Waals surface area (Å²) >= 11 is 0. The van der Waals surface area contributed by atoms with E-state index in [1.807, 2.05) is 20.8 Å². The van der Waals surface area contributed by atoms with Crippen LogP contribution in [0.4, 0.5) is 0 Å². The Balaban J connectivity index is 3.31. The highest BCUT2D eigenvalue weighted by Gasteiger charge is 2.10. The Bertz CT molecular complexity index is 126. The molecule has 72 valence electrons. The standard InChI is InChI=1S/C9H19NO2/c1-4-8(3)9(11)12-7-6-10-5-2/h8,10H,4-7H2,1-3H3. The van der Waals surface area contributed by atoms with E-state index in [9.17, 15) is 4.79 Å². The van der Waals surface area contributed by atoms with E-state index in [1.165, 1.54) is 0 Å². The SMILES string of the molecule is CCNCCOC(=O)C(C)CC. The van der Waals surface area contributed by atoms with E-state index in [2.05, 4.69) is 5.32 Å². The Hall–Kier alpha value is -0.570. The maximum atomic E-state index is 11.1. The zero-order valence-electron chi connectivity index (χ0n) is 8.22. The van der Waals surface area contributed by atoms with E-state index in [4.69, 9.17) is 4.74 Å². The molecule has 0 saturated carbocycles. The van der Waals surface area contributed by atoms with Gasteiger partial charge in [-0.3, -0.25) is 4.79 Å². The maximum absolute atomic E-state index is 11.1. The van der Waals surface area contributed by atoms with Crippen molar-refractivity contribution >= 4 is 5.97 Å². The summed E-state index contributed by atoms with van der Waals surface area (Å²) in [6.45, 7) is 8.04. The molecule has 0 aliphatic heterocycles. The molecule has 0 rings (SSSR count). The monoisotopic (exact) mass is 173 g/mol. The number of carbonyl (C=O) groups excluding carboxylic acids is 1. The van der Waals surface area contributed by atoms with Gasteiger partial charge in [0.2, 0.25) is 0 Å². The van der Waals surface area contributed by atoms with Crippen molar-refractivity contribution in [3.63, 3.8) is 0 Å². The molecule has 0 spiro atoms. The second-order valence-electron chi connectivity index (χ2n) is 2.83. The summed E-state index contributed by atoms with van der Waals surface area (Å²) in [5.74, 6) is -0.0537. The molecule has 0 aromatic rings. The van der Waals surface area contributed by atoms with Gasteiger partial charge in [0.15, 0.2) is 0 Å².